The second-order valence-electron chi connectivity index (χ2n) is 7.35. The van der Waals surface area contributed by atoms with Crippen molar-refractivity contribution in [1.82, 2.24) is 10.3 Å². The molecule has 5 rings (SSSR count). The molecule has 0 bridgehead atoms. The fraction of sp³-hybridized carbons (Fsp3) is 0.350. The second kappa shape index (κ2) is 6.59. The molecular weight excluding hydrogens is 403 g/mol. The Labute approximate surface area is 170 Å². The minimum absolute atomic E-state index is 0.0653. The van der Waals surface area contributed by atoms with Gasteiger partial charge in [-0.05, 0) is 42.7 Å². The van der Waals surface area contributed by atoms with E-state index < -0.39 is 17.8 Å². The fourth-order valence-corrected chi connectivity index (χ4v) is 4.45. The summed E-state index contributed by atoms with van der Waals surface area (Å²) in [6.07, 6.45) is 0.489. The number of cyclic esters (lactones) is 1. The summed E-state index contributed by atoms with van der Waals surface area (Å²) in [5.41, 5.74) is 1.74. The van der Waals surface area contributed by atoms with Crippen LogP contribution in [0.4, 0.5) is 4.39 Å². The molecule has 3 heterocycles. The Morgan fingerprint density at radius 1 is 1.24 bits per heavy atom. The molecule has 1 amide bonds. The van der Waals surface area contributed by atoms with E-state index in [1.165, 1.54) is 6.92 Å². The number of rotatable bonds is 2. The van der Waals surface area contributed by atoms with Gasteiger partial charge in [0.2, 0.25) is 6.79 Å². The zero-order valence-corrected chi connectivity index (χ0v) is 16.1. The first kappa shape index (κ1) is 18.2. The molecule has 1 fully saturated rings. The third-order valence-corrected chi connectivity index (χ3v) is 6.00. The standard InChI is InChI=1S/C20H16ClFN2O5/c1-8-14(22)4-12(18(21)23-8)19(25)24-17-10-5-16-15(28-7-29-16)3-9(10)2-11-13(17)6-27-20(11)26/h3-5,11,13,17H,2,6-7H2,1H3,(H,24,25)/t11-,13?,17?/m1/s1. The summed E-state index contributed by atoms with van der Waals surface area (Å²) >= 11 is 6.07. The number of nitrogens with one attached hydrogen (secondary N) is 1. The monoisotopic (exact) mass is 418 g/mol. The Bertz CT molecular complexity index is 1060. The lowest BCUT2D eigenvalue weighted by Crippen LogP contribution is -2.41. The molecule has 0 spiro atoms. The van der Waals surface area contributed by atoms with Crippen LogP contribution in [-0.4, -0.2) is 30.3 Å². The van der Waals surface area contributed by atoms with Crippen molar-refractivity contribution in [2.24, 2.45) is 11.8 Å². The van der Waals surface area contributed by atoms with E-state index in [-0.39, 0.29) is 47.6 Å². The van der Waals surface area contributed by atoms with Crippen molar-refractivity contribution in [3.8, 4) is 11.5 Å². The summed E-state index contributed by atoms with van der Waals surface area (Å²) in [6.45, 7) is 1.78. The molecule has 29 heavy (non-hydrogen) atoms. The lowest BCUT2D eigenvalue weighted by Gasteiger charge is -2.34. The van der Waals surface area contributed by atoms with Crippen LogP contribution in [0, 0.1) is 24.6 Å². The van der Waals surface area contributed by atoms with Crippen molar-refractivity contribution < 1.29 is 28.2 Å². The highest BCUT2D eigenvalue weighted by atomic mass is 35.5. The molecule has 0 radical (unpaired) electrons. The molecule has 3 aliphatic rings. The van der Waals surface area contributed by atoms with Crippen LogP contribution < -0.4 is 14.8 Å². The number of esters is 1. The third kappa shape index (κ3) is 2.90. The Hall–Kier alpha value is -2.87. The molecule has 0 saturated carbocycles. The SMILES string of the molecule is Cc1nc(Cl)c(C(=O)NC2c3cc4c(cc3C[C@H]3C(=O)OCC23)OCO4)cc1F. The van der Waals surface area contributed by atoms with Gasteiger partial charge in [0.15, 0.2) is 11.5 Å². The zero-order valence-electron chi connectivity index (χ0n) is 15.3. The number of hydrogen-bond acceptors (Lipinski definition) is 6. The second-order valence-corrected chi connectivity index (χ2v) is 7.71. The first-order valence-corrected chi connectivity index (χ1v) is 9.52. The molecule has 9 heteroatoms. The maximum atomic E-state index is 14.0. The maximum Gasteiger partial charge on any atom is 0.309 e. The number of hydrogen-bond donors (Lipinski definition) is 1. The van der Waals surface area contributed by atoms with E-state index in [4.69, 9.17) is 25.8 Å². The Balaban J connectivity index is 1.54. The van der Waals surface area contributed by atoms with E-state index in [1.807, 2.05) is 12.1 Å². The fourth-order valence-electron chi connectivity index (χ4n) is 4.19. The van der Waals surface area contributed by atoms with E-state index in [1.54, 1.807) is 0 Å². The zero-order chi connectivity index (χ0) is 20.3. The molecule has 3 atom stereocenters. The van der Waals surface area contributed by atoms with Crippen LogP contribution in [-0.2, 0) is 16.0 Å². The van der Waals surface area contributed by atoms with Crippen molar-refractivity contribution >= 4 is 23.5 Å². The minimum Gasteiger partial charge on any atom is -0.465 e. The molecular formula is C20H16ClFN2O5. The summed E-state index contributed by atoms with van der Waals surface area (Å²) < 4.78 is 30.1. The highest BCUT2D eigenvalue weighted by Crippen LogP contribution is 2.46. The summed E-state index contributed by atoms with van der Waals surface area (Å²) in [5, 5.41) is 2.82. The molecule has 7 nitrogen and oxygen atoms in total. The number of benzene rings is 1. The van der Waals surface area contributed by atoms with E-state index in [0.717, 1.165) is 17.2 Å². The highest BCUT2D eigenvalue weighted by Gasteiger charge is 2.47. The predicted molar refractivity (Wildman–Crippen MR) is 98.4 cm³/mol. The van der Waals surface area contributed by atoms with Gasteiger partial charge in [-0.25, -0.2) is 9.37 Å². The Kier molecular flexibility index (Phi) is 4.13. The average Bonchev–Trinajstić information content (AvgIpc) is 3.29. The number of aryl methyl sites for hydroxylation is 1. The summed E-state index contributed by atoms with van der Waals surface area (Å²) in [7, 11) is 0. The average molecular weight is 419 g/mol. The Morgan fingerprint density at radius 3 is 2.79 bits per heavy atom. The predicted octanol–water partition coefficient (Wildman–Crippen LogP) is 2.73. The van der Waals surface area contributed by atoms with Crippen molar-refractivity contribution in [2.75, 3.05) is 13.4 Å². The van der Waals surface area contributed by atoms with Gasteiger partial charge in [-0.1, -0.05) is 11.6 Å². The highest BCUT2D eigenvalue weighted by molar-refractivity contribution is 6.32. The van der Waals surface area contributed by atoms with Gasteiger partial charge in [0.05, 0.1) is 29.8 Å². The quantitative estimate of drug-likeness (QED) is 0.596. The van der Waals surface area contributed by atoms with Crippen LogP contribution in [0.1, 0.15) is 33.2 Å². The van der Waals surface area contributed by atoms with E-state index in [9.17, 15) is 14.0 Å². The molecule has 1 aliphatic carbocycles. The molecule has 1 saturated heterocycles. The Morgan fingerprint density at radius 2 is 2.00 bits per heavy atom. The normalized spacial score (nSPS) is 24.0. The summed E-state index contributed by atoms with van der Waals surface area (Å²) in [6, 6.07) is 4.19. The molecule has 2 aliphatic heterocycles. The van der Waals surface area contributed by atoms with Crippen molar-refractivity contribution in [3.05, 3.63) is 51.6 Å². The number of fused-ring (bicyclic) bond motifs is 3. The summed E-state index contributed by atoms with van der Waals surface area (Å²) in [5.74, 6) is -0.935. The maximum absolute atomic E-state index is 14.0. The van der Waals surface area contributed by atoms with Gasteiger partial charge in [-0.2, -0.15) is 0 Å². The van der Waals surface area contributed by atoms with E-state index >= 15 is 0 Å². The van der Waals surface area contributed by atoms with Crippen molar-refractivity contribution in [2.45, 2.75) is 19.4 Å². The van der Waals surface area contributed by atoms with Crippen molar-refractivity contribution in [3.63, 3.8) is 0 Å². The number of amides is 1. The lowest BCUT2D eigenvalue weighted by atomic mass is 9.73. The molecule has 1 aromatic carbocycles. The van der Waals surface area contributed by atoms with Gasteiger partial charge in [0, 0.05) is 5.92 Å². The largest absolute Gasteiger partial charge is 0.465 e. The van der Waals surface area contributed by atoms with Crippen LogP contribution >= 0.6 is 11.6 Å². The first-order valence-electron chi connectivity index (χ1n) is 9.15. The number of halogens is 2. The third-order valence-electron chi connectivity index (χ3n) is 5.71. The molecule has 2 unspecified atom stereocenters. The van der Waals surface area contributed by atoms with E-state index in [2.05, 4.69) is 10.3 Å². The molecule has 150 valence electrons. The van der Waals surface area contributed by atoms with Gasteiger partial charge in [0.25, 0.3) is 5.91 Å². The first-order chi connectivity index (χ1) is 13.9. The van der Waals surface area contributed by atoms with Crippen LogP contribution in [0.25, 0.3) is 0 Å². The number of aromatic nitrogens is 1. The smallest absolute Gasteiger partial charge is 0.309 e. The molecule has 1 N–H and O–H groups in total. The van der Waals surface area contributed by atoms with Gasteiger partial charge >= 0.3 is 5.97 Å². The number of carbonyl (C=O) groups is 2. The van der Waals surface area contributed by atoms with Crippen molar-refractivity contribution in [1.29, 1.82) is 0 Å². The van der Waals surface area contributed by atoms with E-state index in [0.29, 0.717) is 17.9 Å². The summed E-state index contributed by atoms with van der Waals surface area (Å²) in [4.78, 5) is 29.0. The number of pyridine rings is 1. The van der Waals surface area contributed by atoms with Crippen LogP contribution in [0.15, 0.2) is 18.2 Å². The molecule has 1 aromatic heterocycles. The number of nitrogens with zero attached hydrogens (tertiary/aromatic N) is 1. The lowest BCUT2D eigenvalue weighted by molar-refractivity contribution is -0.141. The topological polar surface area (TPSA) is 86.8 Å². The molecule has 2 aromatic rings. The number of ether oxygens (including phenoxy) is 3. The number of carbonyl (C=O) groups excluding carboxylic acids is 2. The van der Waals surface area contributed by atoms with Gasteiger partial charge in [-0.3, -0.25) is 9.59 Å². The minimum atomic E-state index is -0.621. The van der Waals surface area contributed by atoms with Gasteiger partial charge in [0.1, 0.15) is 11.0 Å². The van der Waals surface area contributed by atoms with Gasteiger partial charge < -0.3 is 19.5 Å². The van der Waals surface area contributed by atoms with Gasteiger partial charge in [-0.15, -0.1) is 0 Å². The van der Waals surface area contributed by atoms with Crippen LogP contribution in [0.5, 0.6) is 11.5 Å². The van der Waals surface area contributed by atoms with Crippen LogP contribution in [0.2, 0.25) is 5.15 Å². The van der Waals surface area contributed by atoms with Crippen LogP contribution in [0.3, 0.4) is 0 Å².